The molecular formula is C15H12BLrO-. The molecule has 0 fully saturated rings. The second-order valence-corrected chi connectivity index (χ2v) is 3.48. The SMILES string of the molecule is [B]c1ccc(C2=CC=C(C=O)C=C=C2)cc1.[CH3-].[Lr]. The fourth-order valence-corrected chi connectivity index (χ4v) is 1.44. The first-order valence-electron chi connectivity index (χ1n) is 4.95. The zero-order valence-corrected chi connectivity index (χ0v) is 12.1. The van der Waals surface area contributed by atoms with Crippen LogP contribution in [0.15, 0.2) is 59.9 Å². The van der Waals surface area contributed by atoms with E-state index < -0.39 is 0 Å². The molecule has 3 radical (unpaired) electrons. The van der Waals surface area contributed by atoms with Gasteiger partial charge in [-0.15, -0.1) is 5.73 Å². The third-order valence-corrected chi connectivity index (χ3v) is 2.32. The van der Waals surface area contributed by atoms with E-state index in [9.17, 15) is 4.79 Å². The molecule has 0 saturated heterocycles. The molecule has 0 aromatic heterocycles. The predicted octanol–water partition coefficient (Wildman–Crippen LogP) is 2.16. The summed E-state index contributed by atoms with van der Waals surface area (Å²) >= 11 is 0. The van der Waals surface area contributed by atoms with Crippen LogP contribution in [0.4, 0.5) is 0 Å². The van der Waals surface area contributed by atoms with Gasteiger partial charge < -0.3 is 7.43 Å². The Balaban J connectivity index is 0.00000144. The minimum absolute atomic E-state index is 0. The Morgan fingerprint density at radius 2 is 1.72 bits per heavy atom. The second-order valence-electron chi connectivity index (χ2n) is 3.48. The molecule has 0 bridgehead atoms. The molecule has 1 aliphatic rings. The molecule has 1 aliphatic carbocycles. The molecule has 18 heavy (non-hydrogen) atoms. The summed E-state index contributed by atoms with van der Waals surface area (Å²) in [5.74, 6) is 0. The van der Waals surface area contributed by atoms with Crippen LogP contribution in [0.3, 0.4) is 0 Å². The summed E-state index contributed by atoms with van der Waals surface area (Å²) in [6, 6.07) is 7.59. The largest absolute Gasteiger partial charge is 0.358 e. The minimum Gasteiger partial charge on any atom is -0.358 e. The van der Waals surface area contributed by atoms with Gasteiger partial charge >= 0.3 is 0 Å². The fraction of sp³-hybridized carbons (Fsp3) is 0. The summed E-state index contributed by atoms with van der Waals surface area (Å²) in [4.78, 5) is 10.6. The first kappa shape index (κ1) is 15.0. The van der Waals surface area contributed by atoms with Crippen molar-refractivity contribution in [1.82, 2.24) is 0 Å². The van der Waals surface area contributed by atoms with Crippen molar-refractivity contribution in [2.24, 2.45) is 0 Å². The summed E-state index contributed by atoms with van der Waals surface area (Å²) < 4.78 is 0. The number of allylic oxidation sites excluding steroid dienone is 5. The van der Waals surface area contributed by atoms with E-state index in [4.69, 9.17) is 7.85 Å². The van der Waals surface area contributed by atoms with Crippen molar-refractivity contribution in [2.45, 2.75) is 0 Å². The monoisotopic (exact) mass is 481 g/mol. The van der Waals surface area contributed by atoms with Crippen molar-refractivity contribution >= 4 is 25.2 Å². The number of rotatable bonds is 2. The average Bonchev–Trinajstić information content (AvgIpc) is 2.55. The number of hydrogen-bond acceptors (Lipinski definition) is 1. The van der Waals surface area contributed by atoms with Gasteiger partial charge in [-0.2, -0.15) is 0 Å². The zero-order valence-electron chi connectivity index (χ0n) is 9.94. The van der Waals surface area contributed by atoms with Crippen LogP contribution < -0.4 is 5.46 Å². The molecule has 0 amide bonds. The van der Waals surface area contributed by atoms with Crippen LogP contribution in [-0.2, 0) is 4.79 Å². The van der Waals surface area contributed by atoms with Crippen LogP contribution in [0.2, 0.25) is 0 Å². The number of hydrogen-bond donors (Lipinski definition) is 0. The van der Waals surface area contributed by atoms with E-state index in [1.165, 1.54) is 0 Å². The maximum absolute atomic E-state index is 10.6. The molecule has 97 valence electrons. The number of aldehydes is 1. The average molecular weight is 481 g/mol. The third-order valence-electron chi connectivity index (χ3n) is 2.32. The minimum atomic E-state index is 0. The maximum atomic E-state index is 10.6. The Morgan fingerprint density at radius 3 is 2.33 bits per heavy atom. The fourth-order valence-electron chi connectivity index (χ4n) is 1.44. The standard InChI is InChI=1S/C14H9BO.CH3.Lr/c15-14-8-6-13(7-9-14)12-3-1-2-11(10-16)4-5-12;;/h2-10H;1H3;/q;-1;. The Hall–Kier alpha value is -3.05. The van der Waals surface area contributed by atoms with Crippen molar-refractivity contribution in [1.29, 1.82) is 0 Å². The van der Waals surface area contributed by atoms with Crippen LogP contribution in [0, 0.1) is 7.43 Å². The molecule has 0 aliphatic heterocycles. The van der Waals surface area contributed by atoms with E-state index in [1.807, 2.05) is 36.4 Å². The number of carbonyl (C=O) groups excluding carboxylic acids is 1. The van der Waals surface area contributed by atoms with Gasteiger partial charge in [0.25, 0.3) is 0 Å². The van der Waals surface area contributed by atoms with Gasteiger partial charge in [-0.25, -0.2) is 0 Å². The Kier molecular flexibility index (Phi) is 5.42. The molecule has 0 saturated carbocycles. The second kappa shape index (κ2) is 6.52. The summed E-state index contributed by atoms with van der Waals surface area (Å²) in [5.41, 5.74) is 6.37. The molecule has 1 aromatic rings. The van der Waals surface area contributed by atoms with E-state index in [-0.39, 0.29) is 7.43 Å². The van der Waals surface area contributed by atoms with Gasteiger partial charge in [0.1, 0.15) is 7.85 Å². The first-order chi connectivity index (χ1) is 7.79. The molecule has 1 nitrogen and oxygen atoms in total. The van der Waals surface area contributed by atoms with Crippen LogP contribution in [0.25, 0.3) is 5.57 Å². The predicted molar refractivity (Wildman–Crippen MR) is 73.0 cm³/mol. The Morgan fingerprint density at radius 1 is 1.06 bits per heavy atom. The van der Waals surface area contributed by atoms with Gasteiger partial charge in [0.15, 0.2) is 6.29 Å². The van der Waals surface area contributed by atoms with Gasteiger partial charge in [-0.1, -0.05) is 41.9 Å². The van der Waals surface area contributed by atoms with E-state index in [2.05, 4.69) is 5.73 Å². The maximum Gasteiger partial charge on any atom is 0.150 e. The van der Waals surface area contributed by atoms with E-state index in [0.29, 0.717) is 5.57 Å². The van der Waals surface area contributed by atoms with Gasteiger partial charge in [-0.3, -0.25) is 4.79 Å². The van der Waals surface area contributed by atoms with Crippen LogP contribution in [-0.4, -0.2) is 14.1 Å². The van der Waals surface area contributed by atoms with Crippen LogP contribution in [0.1, 0.15) is 5.56 Å². The van der Waals surface area contributed by atoms with E-state index in [1.54, 1.807) is 12.2 Å². The van der Waals surface area contributed by atoms with Gasteiger partial charge in [0, 0.05) is 5.57 Å². The summed E-state index contributed by atoms with van der Waals surface area (Å²) in [6.45, 7) is 0. The molecular weight excluding hydrogens is 469 g/mol. The summed E-state index contributed by atoms with van der Waals surface area (Å²) in [5, 5.41) is 0. The van der Waals surface area contributed by atoms with Crippen LogP contribution >= 0.6 is 0 Å². The number of carbonyl (C=O) groups is 1. The Bertz CT molecular complexity index is 532. The van der Waals surface area contributed by atoms with Gasteiger partial charge in [0.05, 0.1) is 0 Å². The quantitative estimate of drug-likeness (QED) is 0.274. The molecule has 2 rings (SSSR count). The number of benzene rings is 1. The van der Waals surface area contributed by atoms with Gasteiger partial charge in [-0.05, 0) is 23.3 Å². The van der Waals surface area contributed by atoms with Crippen molar-refractivity contribution in [3.63, 3.8) is 0 Å². The third kappa shape index (κ3) is 3.23. The topological polar surface area (TPSA) is 17.1 Å². The normalized spacial score (nSPS) is 12.4. The van der Waals surface area contributed by atoms with Crippen molar-refractivity contribution < 1.29 is 4.79 Å². The van der Waals surface area contributed by atoms with Gasteiger partial charge in [0.2, 0.25) is 0 Å². The van der Waals surface area contributed by atoms with Crippen molar-refractivity contribution in [3.05, 3.63) is 72.9 Å². The molecule has 1 aromatic carbocycles. The van der Waals surface area contributed by atoms with Crippen LogP contribution in [0.5, 0.6) is 0 Å². The Labute approximate surface area is 103 Å². The summed E-state index contributed by atoms with van der Waals surface area (Å²) in [7, 11) is 5.62. The molecule has 0 unspecified atom stereocenters. The molecule has 0 atom stereocenters. The van der Waals surface area contributed by atoms with E-state index in [0.717, 1.165) is 22.9 Å². The van der Waals surface area contributed by atoms with E-state index >= 15 is 0 Å². The first-order valence-corrected chi connectivity index (χ1v) is 4.95. The molecule has 0 N–H and O–H groups in total. The van der Waals surface area contributed by atoms with Crippen molar-refractivity contribution in [2.75, 3.05) is 0 Å². The summed E-state index contributed by atoms with van der Waals surface area (Å²) in [6.07, 6.45) is 7.98. The molecule has 0 spiro atoms. The zero-order chi connectivity index (χ0) is 11.4. The smallest absolute Gasteiger partial charge is 0.150 e. The molecule has 0 heterocycles. The molecule has 3 heteroatoms. The van der Waals surface area contributed by atoms with Crippen molar-refractivity contribution in [3.8, 4) is 0 Å².